The molecular weight excluding hydrogens is 473 g/mol. The third-order valence-electron chi connectivity index (χ3n) is 5.39. The average molecular weight is 490 g/mol. The van der Waals surface area contributed by atoms with Gasteiger partial charge in [0.15, 0.2) is 16.8 Å². The standard InChI is InChI=1S/C22H17F3N4O4S/c1-32-19-10-17(28-11-22(24,25)12-28)15(23)9-18(19)29-16-4-3-14(8-13(16)2-5-21(29)30)34(31)27-20-6-7-33-26-20/h2-10H,11-12H2,1H3,(H,26,27). The molecule has 0 radical (unpaired) electrons. The summed E-state index contributed by atoms with van der Waals surface area (Å²) in [6.45, 7) is -1.19. The summed E-state index contributed by atoms with van der Waals surface area (Å²) in [4.78, 5) is 14.4. The van der Waals surface area contributed by atoms with Crippen molar-refractivity contribution in [3.05, 3.63) is 71.0 Å². The molecule has 1 aliphatic rings. The van der Waals surface area contributed by atoms with E-state index in [9.17, 15) is 22.2 Å². The third kappa shape index (κ3) is 3.89. The van der Waals surface area contributed by atoms with E-state index in [0.29, 0.717) is 21.6 Å². The molecule has 5 rings (SSSR count). The van der Waals surface area contributed by atoms with Gasteiger partial charge in [0.1, 0.15) is 17.8 Å². The molecule has 4 aromatic rings. The van der Waals surface area contributed by atoms with E-state index in [2.05, 4.69) is 9.88 Å². The molecule has 8 nitrogen and oxygen atoms in total. The van der Waals surface area contributed by atoms with Gasteiger partial charge >= 0.3 is 0 Å². The van der Waals surface area contributed by atoms with E-state index in [1.54, 1.807) is 24.3 Å². The Morgan fingerprint density at radius 2 is 1.91 bits per heavy atom. The zero-order valence-electron chi connectivity index (χ0n) is 17.6. The molecule has 0 amide bonds. The van der Waals surface area contributed by atoms with E-state index in [0.717, 1.165) is 6.07 Å². The number of pyridine rings is 1. The first-order valence-corrected chi connectivity index (χ1v) is 11.2. The first kappa shape index (κ1) is 22.0. The summed E-state index contributed by atoms with van der Waals surface area (Å²) in [5.74, 6) is -3.19. The van der Waals surface area contributed by atoms with Gasteiger partial charge in [-0.15, -0.1) is 0 Å². The molecule has 0 aliphatic carbocycles. The third-order valence-corrected chi connectivity index (χ3v) is 6.47. The Morgan fingerprint density at radius 3 is 2.59 bits per heavy atom. The number of rotatable bonds is 6. The maximum Gasteiger partial charge on any atom is 0.282 e. The zero-order chi connectivity index (χ0) is 24.0. The predicted molar refractivity (Wildman–Crippen MR) is 120 cm³/mol. The Hall–Kier alpha value is -3.80. The number of hydrogen-bond acceptors (Lipinski definition) is 6. The van der Waals surface area contributed by atoms with Crippen molar-refractivity contribution >= 4 is 33.4 Å². The van der Waals surface area contributed by atoms with Crippen molar-refractivity contribution in [1.29, 1.82) is 0 Å². The number of nitrogens with one attached hydrogen (secondary N) is 1. The highest BCUT2D eigenvalue weighted by molar-refractivity contribution is 7.86. The fourth-order valence-electron chi connectivity index (χ4n) is 3.80. The molecule has 1 fully saturated rings. The Kier molecular flexibility index (Phi) is 5.31. The monoisotopic (exact) mass is 490 g/mol. The fraction of sp³-hybridized carbons (Fsp3) is 0.182. The number of anilines is 2. The summed E-state index contributed by atoms with van der Waals surface area (Å²) >= 11 is 0. The minimum atomic E-state index is -2.87. The van der Waals surface area contributed by atoms with Crippen molar-refractivity contribution in [3.8, 4) is 11.4 Å². The number of hydrogen-bond donors (Lipinski definition) is 1. The number of aromatic nitrogens is 2. The second-order valence-electron chi connectivity index (χ2n) is 7.67. The van der Waals surface area contributed by atoms with Crippen LogP contribution < -0.4 is 19.9 Å². The van der Waals surface area contributed by atoms with Gasteiger partial charge in [0.2, 0.25) is 0 Å². The maximum atomic E-state index is 14.9. The molecule has 1 unspecified atom stereocenters. The number of fused-ring (bicyclic) bond motifs is 1. The Morgan fingerprint density at radius 1 is 1.12 bits per heavy atom. The van der Waals surface area contributed by atoms with Crippen LogP contribution in [0.3, 0.4) is 0 Å². The lowest BCUT2D eigenvalue weighted by atomic mass is 10.1. The minimum Gasteiger partial charge on any atom is -0.494 e. The topological polar surface area (TPSA) is 89.6 Å². The summed E-state index contributed by atoms with van der Waals surface area (Å²) in [7, 11) is -0.310. The number of halogens is 3. The fourth-order valence-corrected chi connectivity index (χ4v) is 4.64. The van der Waals surface area contributed by atoms with Crippen LogP contribution in [0, 0.1) is 5.82 Å². The largest absolute Gasteiger partial charge is 0.494 e. The molecular formula is C22H17F3N4O4S. The van der Waals surface area contributed by atoms with Crippen molar-refractivity contribution in [2.75, 3.05) is 29.8 Å². The van der Waals surface area contributed by atoms with Crippen LogP contribution in [0.1, 0.15) is 0 Å². The molecule has 0 saturated carbocycles. The first-order valence-electron chi connectivity index (χ1n) is 10.0. The summed E-state index contributed by atoms with van der Waals surface area (Å²) in [5.41, 5.74) is 0.0382. The van der Waals surface area contributed by atoms with Gasteiger partial charge in [-0.3, -0.25) is 14.1 Å². The van der Waals surface area contributed by atoms with E-state index in [-0.39, 0.29) is 17.1 Å². The number of benzene rings is 2. The highest BCUT2D eigenvalue weighted by Gasteiger charge is 2.45. The Labute approximate surface area is 193 Å². The van der Waals surface area contributed by atoms with Gasteiger partial charge in [-0.05, 0) is 24.3 Å². The number of nitrogens with zero attached hydrogens (tertiary/aromatic N) is 3. The van der Waals surface area contributed by atoms with Crippen molar-refractivity contribution in [2.24, 2.45) is 0 Å². The van der Waals surface area contributed by atoms with Crippen molar-refractivity contribution in [2.45, 2.75) is 10.8 Å². The molecule has 2 aromatic heterocycles. The first-order chi connectivity index (χ1) is 16.3. The SMILES string of the molecule is COc1cc(N2CC(F)(F)C2)c(F)cc1-n1c(=O)ccc2cc(S(=O)Nc3ccon3)ccc21. The van der Waals surface area contributed by atoms with E-state index in [1.807, 2.05) is 0 Å². The maximum absolute atomic E-state index is 14.9. The van der Waals surface area contributed by atoms with Crippen LogP contribution in [0.4, 0.5) is 24.7 Å². The molecule has 12 heteroatoms. The van der Waals surface area contributed by atoms with E-state index >= 15 is 0 Å². The predicted octanol–water partition coefficient (Wildman–Crippen LogP) is 3.72. The molecule has 2 aromatic carbocycles. The minimum absolute atomic E-state index is 0.0311. The summed E-state index contributed by atoms with van der Waals surface area (Å²) < 4.78 is 68.2. The van der Waals surface area contributed by atoms with Crippen LogP contribution in [0.5, 0.6) is 5.75 Å². The summed E-state index contributed by atoms with van der Waals surface area (Å²) in [5, 5.41) is 4.21. The molecule has 0 spiro atoms. The van der Waals surface area contributed by atoms with Gasteiger partial charge < -0.3 is 14.2 Å². The second-order valence-corrected chi connectivity index (χ2v) is 8.88. The van der Waals surface area contributed by atoms with Gasteiger partial charge in [0, 0.05) is 29.7 Å². The van der Waals surface area contributed by atoms with Crippen LogP contribution in [-0.4, -0.2) is 40.1 Å². The van der Waals surface area contributed by atoms with Crippen molar-refractivity contribution in [1.82, 2.24) is 9.72 Å². The molecule has 34 heavy (non-hydrogen) atoms. The zero-order valence-corrected chi connectivity index (χ0v) is 18.4. The van der Waals surface area contributed by atoms with Crippen LogP contribution in [0.25, 0.3) is 16.6 Å². The van der Waals surface area contributed by atoms with Gasteiger partial charge in [-0.2, -0.15) is 0 Å². The quantitative estimate of drug-likeness (QED) is 0.443. The van der Waals surface area contributed by atoms with Crippen LogP contribution in [0.2, 0.25) is 0 Å². The van der Waals surface area contributed by atoms with Gasteiger partial charge in [-0.1, -0.05) is 5.16 Å². The number of alkyl halides is 2. The molecule has 3 heterocycles. The Bertz CT molecular complexity index is 1470. The van der Waals surface area contributed by atoms with Gasteiger partial charge in [-0.25, -0.2) is 17.4 Å². The van der Waals surface area contributed by atoms with Crippen LogP contribution in [-0.2, 0) is 11.0 Å². The number of methoxy groups -OCH3 is 1. The molecule has 0 bridgehead atoms. The normalized spacial score (nSPS) is 15.7. The number of ether oxygens (including phenoxy) is 1. The summed E-state index contributed by atoms with van der Waals surface area (Å²) in [6.07, 6.45) is 1.34. The lowest BCUT2D eigenvalue weighted by Gasteiger charge is -2.40. The van der Waals surface area contributed by atoms with E-state index < -0.39 is 41.4 Å². The smallest absolute Gasteiger partial charge is 0.282 e. The molecule has 176 valence electrons. The highest BCUT2D eigenvalue weighted by Crippen LogP contribution is 2.38. The lowest BCUT2D eigenvalue weighted by Crippen LogP contribution is -2.56. The summed E-state index contributed by atoms with van der Waals surface area (Å²) in [6, 6.07) is 11.5. The van der Waals surface area contributed by atoms with Crippen molar-refractivity contribution < 1.29 is 26.6 Å². The average Bonchev–Trinajstić information content (AvgIpc) is 3.30. The van der Waals surface area contributed by atoms with Crippen LogP contribution in [0.15, 0.2) is 69.0 Å². The van der Waals surface area contributed by atoms with Crippen molar-refractivity contribution in [3.63, 3.8) is 0 Å². The van der Waals surface area contributed by atoms with Gasteiger partial charge in [0.25, 0.3) is 11.5 Å². The molecule has 1 N–H and O–H groups in total. The second kappa shape index (κ2) is 8.20. The molecule has 1 atom stereocenters. The van der Waals surface area contributed by atoms with E-state index in [1.165, 1.54) is 41.0 Å². The molecule has 1 aliphatic heterocycles. The highest BCUT2D eigenvalue weighted by atomic mass is 32.2. The lowest BCUT2D eigenvalue weighted by molar-refractivity contribution is -0.0265. The van der Waals surface area contributed by atoms with Crippen LogP contribution >= 0.6 is 0 Å². The van der Waals surface area contributed by atoms with E-state index in [4.69, 9.17) is 9.26 Å². The molecule has 1 saturated heterocycles. The van der Waals surface area contributed by atoms with Gasteiger partial charge in [0.05, 0.1) is 42.0 Å². The Balaban J connectivity index is 1.57.